The summed E-state index contributed by atoms with van der Waals surface area (Å²) in [6, 6.07) is 17.6. The van der Waals surface area contributed by atoms with Gasteiger partial charge in [0.2, 0.25) is 0 Å². The average molecular weight is 328 g/mol. The molecule has 3 aromatic rings. The van der Waals surface area contributed by atoms with Gasteiger partial charge in [0.05, 0.1) is 5.52 Å². The molecule has 79 valence electrons. The number of rotatable bonds is 0. The fourth-order valence-corrected chi connectivity index (χ4v) is 1.73. The van der Waals surface area contributed by atoms with Crippen molar-refractivity contribution >= 4 is 38.8 Å². The molecule has 0 fully saturated rings. The van der Waals surface area contributed by atoms with Crippen LogP contribution in [0.25, 0.3) is 21.8 Å². The van der Waals surface area contributed by atoms with Gasteiger partial charge < -0.3 is 4.98 Å². The Balaban J connectivity index is 0.000000292. The van der Waals surface area contributed by atoms with Crippen LogP contribution in [0.4, 0.5) is 0 Å². The zero-order valence-electron chi connectivity index (χ0n) is 8.30. The molecular formula is C12H8Cl2NZr. The average Bonchev–Trinajstić information content (AvgIpc) is 2.68. The molecule has 0 aliphatic carbocycles. The van der Waals surface area contributed by atoms with Gasteiger partial charge in [0, 0.05) is 22.4 Å². The maximum atomic E-state index is 4.93. The van der Waals surface area contributed by atoms with Gasteiger partial charge in [-0.15, -0.1) is 0 Å². The topological polar surface area (TPSA) is 15.8 Å². The van der Waals surface area contributed by atoms with Crippen LogP contribution in [0.2, 0.25) is 0 Å². The third-order valence-electron chi connectivity index (χ3n) is 2.33. The number of para-hydroxylation sites is 2. The van der Waals surface area contributed by atoms with E-state index in [-0.39, 0.29) is 0 Å². The molecular weight excluding hydrogens is 320 g/mol. The fourth-order valence-electron chi connectivity index (χ4n) is 1.73. The Bertz CT molecular complexity index is 541. The SMILES string of the molecule is [Cl][Zr][Cl].[c]1cccc2c1[nH]c1ccccc12. The van der Waals surface area contributed by atoms with E-state index < -0.39 is 20.8 Å². The third-order valence-corrected chi connectivity index (χ3v) is 2.33. The second kappa shape index (κ2) is 5.86. The molecule has 0 amide bonds. The normalized spacial score (nSPS) is 9.88. The van der Waals surface area contributed by atoms with Crippen molar-refractivity contribution in [1.82, 2.24) is 4.98 Å². The molecule has 0 bridgehead atoms. The Morgan fingerprint density at radius 3 is 2.50 bits per heavy atom. The standard InChI is InChI=1S/C12H8N.2ClH.Zr/c1-3-7-11-9(5-1)10-6-2-4-8-12(10)13-11;;;/h1-7,13H;2*1H;/q;;;+2/p-2. The number of halogens is 2. The van der Waals surface area contributed by atoms with Gasteiger partial charge in [0.25, 0.3) is 0 Å². The Hall–Kier alpha value is -0.297. The van der Waals surface area contributed by atoms with Crippen LogP contribution >= 0.6 is 17.0 Å². The molecule has 1 aromatic heterocycles. The monoisotopic (exact) mass is 326 g/mol. The Morgan fingerprint density at radius 1 is 1.00 bits per heavy atom. The number of hydrogen-bond donors (Lipinski definition) is 1. The minimum atomic E-state index is -0.826. The summed E-state index contributed by atoms with van der Waals surface area (Å²) in [5.41, 5.74) is 2.27. The van der Waals surface area contributed by atoms with Crippen LogP contribution in [0.1, 0.15) is 0 Å². The van der Waals surface area contributed by atoms with E-state index in [4.69, 9.17) is 17.0 Å². The van der Waals surface area contributed by atoms with Gasteiger partial charge in [-0.3, -0.25) is 0 Å². The number of fused-ring (bicyclic) bond motifs is 3. The molecule has 0 saturated heterocycles. The molecule has 1 radical (unpaired) electrons. The summed E-state index contributed by atoms with van der Waals surface area (Å²) >= 11 is -0.826. The largest absolute Gasteiger partial charge is 0.354 e. The van der Waals surface area contributed by atoms with Gasteiger partial charge >= 0.3 is 37.9 Å². The van der Waals surface area contributed by atoms with E-state index in [0.717, 1.165) is 5.52 Å². The predicted octanol–water partition coefficient (Wildman–Crippen LogP) is 4.50. The van der Waals surface area contributed by atoms with Crippen molar-refractivity contribution in [3.05, 3.63) is 48.5 Å². The first-order chi connectivity index (χ1) is 7.86. The second-order valence-electron chi connectivity index (χ2n) is 3.20. The summed E-state index contributed by atoms with van der Waals surface area (Å²) in [5.74, 6) is 0. The summed E-state index contributed by atoms with van der Waals surface area (Å²) in [4.78, 5) is 3.32. The number of hydrogen-bond acceptors (Lipinski definition) is 0. The van der Waals surface area contributed by atoms with Crippen LogP contribution < -0.4 is 0 Å². The Morgan fingerprint density at radius 2 is 1.69 bits per heavy atom. The van der Waals surface area contributed by atoms with Crippen molar-refractivity contribution in [1.29, 1.82) is 0 Å². The van der Waals surface area contributed by atoms with Crippen molar-refractivity contribution < 1.29 is 20.8 Å². The molecule has 0 spiro atoms. The first kappa shape index (κ1) is 12.2. The van der Waals surface area contributed by atoms with Crippen molar-refractivity contribution in [2.24, 2.45) is 0 Å². The van der Waals surface area contributed by atoms with E-state index in [2.05, 4.69) is 35.3 Å². The van der Waals surface area contributed by atoms with Crippen LogP contribution in [0.3, 0.4) is 0 Å². The van der Waals surface area contributed by atoms with Gasteiger partial charge in [0.1, 0.15) is 0 Å². The summed E-state index contributed by atoms with van der Waals surface area (Å²) in [7, 11) is 9.87. The van der Waals surface area contributed by atoms with Crippen LogP contribution in [0.15, 0.2) is 42.5 Å². The van der Waals surface area contributed by atoms with Crippen LogP contribution in [-0.4, -0.2) is 4.98 Å². The van der Waals surface area contributed by atoms with E-state index in [9.17, 15) is 0 Å². The van der Waals surface area contributed by atoms with E-state index in [0.29, 0.717) is 0 Å². The molecule has 16 heavy (non-hydrogen) atoms. The first-order valence-corrected chi connectivity index (χ1v) is 11.0. The summed E-state index contributed by atoms with van der Waals surface area (Å²) < 4.78 is 0. The molecule has 4 heteroatoms. The predicted molar refractivity (Wildman–Crippen MR) is 66.3 cm³/mol. The number of nitrogens with one attached hydrogen (secondary N) is 1. The molecule has 1 nitrogen and oxygen atoms in total. The van der Waals surface area contributed by atoms with E-state index in [1.165, 1.54) is 16.3 Å². The first-order valence-electron chi connectivity index (χ1n) is 4.70. The molecule has 2 aromatic carbocycles. The Labute approximate surface area is 112 Å². The van der Waals surface area contributed by atoms with Gasteiger partial charge in [-0.25, -0.2) is 0 Å². The van der Waals surface area contributed by atoms with Gasteiger partial charge in [-0.2, -0.15) is 0 Å². The van der Waals surface area contributed by atoms with E-state index in [1.54, 1.807) is 0 Å². The smallest absolute Gasteiger partial charge is 0.0545 e. The molecule has 3 rings (SSSR count). The molecule has 0 aliphatic heterocycles. The molecule has 0 saturated carbocycles. The molecule has 0 atom stereocenters. The number of benzene rings is 2. The van der Waals surface area contributed by atoms with Gasteiger partial charge in [0.15, 0.2) is 0 Å². The minimum absolute atomic E-state index is 0.826. The molecule has 1 heterocycles. The minimum Gasteiger partial charge on any atom is -0.354 e. The van der Waals surface area contributed by atoms with Crippen molar-refractivity contribution in [2.75, 3.05) is 0 Å². The molecule has 1 N–H and O–H groups in total. The third kappa shape index (κ3) is 2.51. The Kier molecular flexibility index (Phi) is 4.46. The number of H-pyrrole nitrogens is 1. The summed E-state index contributed by atoms with van der Waals surface area (Å²) in [6.45, 7) is 0. The maximum absolute atomic E-state index is 4.93. The van der Waals surface area contributed by atoms with Crippen molar-refractivity contribution in [2.45, 2.75) is 0 Å². The zero-order valence-corrected chi connectivity index (χ0v) is 12.3. The molecule has 0 aliphatic rings. The van der Waals surface area contributed by atoms with Crippen molar-refractivity contribution in [3.8, 4) is 0 Å². The van der Waals surface area contributed by atoms with Gasteiger partial charge in [-0.1, -0.05) is 36.4 Å². The summed E-state index contributed by atoms with van der Waals surface area (Å²) in [6.07, 6.45) is 0. The van der Waals surface area contributed by atoms with E-state index in [1.807, 2.05) is 18.2 Å². The zero-order chi connectivity index (χ0) is 11.4. The van der Waals surface area contributed by atoms with Gasteiger partial charge in [-0.05, 0) is 6.07 Å². The quantitative estimate of drug-likeness (QED) is 0.625. The second-order valence-corrected chi connectivity index (χ2v) is 6.93. The van der Waals surface area contributed by atoms with Crippen molar-refractivity contribution in [3.63, 3.8) is 0 Å². The van der Waals surface area contributed by atoms with E-state index >= 15 is 0 Å². The number of aromatic amines is 1. The summed E-state index contributed by atoms with van der Waals surface area (Å²) in [5, 5.41) is 2.52. The van der Waals surface area contributed by atoms with Crippen LogP contribution in [-0.2, 0) is 20.8 Å². The maximum Gasteiger partial charge on any atom is 0.0545 e. The number of aromatic nitrogens is 1. The van der Waals surface area contributed by atoms with Crippen LogP contribution in [0, 0.1) is 6.07 Å². The molecule has 0 unspecified atom stereocenters. The van der Waals surface area contributed by atoms with Crippen LogP contribution in [0.5, 0.6) is 0 Å². The fraction of sp³-hybridized carbons (Fsp3) is 0.